The maximum Gasteiger partial charge on any atom is 0.240 e. The van der Waals surface area contributed by atoms with Gasteiger partial charge in [0, 0.05) is 6.54 Å². The molecule has 0 bridgehead atoms. The van der Waals surface area contributed by atoms with Gasteiger partial charge in [0.25, 0.3) is 0 Å². The number of rotatable bonds is 8. The van der Waals surface area contributed by atoms with Gasteiger partial charge in [0.05, 0.1) is 24.2 Å². The molecule has 1 N–H and O–H groups in total. The van der Waals surface area contributed by atoms with E-state index in [1.54, 1.807) is 19.1 Å². The molecule has 0 radical (unpaired) electrons. The first-order valence-electron chi connectivity index (χ1n) is 7.13. The fraction of sp³-hybridized carbons (Fsp3) is 0.600. The number of sulfonamides is 1. The zero-order chi connectivity index (χ0) is 16.0. The molecule has 0 fully saturated rings. The van der Waals surface area contributed by atoms with E-state index < -0.39 is 10.0 Å². The van der Waals surface area contributed by atoms with Gasteiger partial charge in [-0.05, 0) is 57.9 Å². The second-order valence-electron chi connectivity index (χ2n) is 5.13. The third-order valence-electron chi connectivity index (χ3n) is 2.91. The number of aryl methyl sites for hydroxylation is 2. The summed E-state index contributed by atoms with van der Waals surface area (Å²) in [6, 6.07) is 3.41. The molecule has 0 saturated heterocycles. The van der Waals surface area contributed by atoms with Gasteiger partial charge in [-0.15, -0.1) is 0 Å². The molecule has 1 rings (SSSR count). The molecule has 21 heavy (non-hydrogen) atoms. The van der Waals surface area contributed by atoms with Crippen molar-refractivity contribution in [2.75, 3.05) is 19.8 Å². The maximum absolute atomic E-state index is 12.3. The van der Waals surface area contributed by atoms with Gasteiger partial charge >= 0.3 is 0 Å². The molecular weight excluding hydrogens is 290 g/mol. The summed E-state index contributed by atoms with van der Waals surface area (Å²) >= 11 is 0. The van der Waals surface area contributed by atoms with Crippen molar-refractivity contribution in [1.29, 1.82) is 0 Å². The topological polar surface area (TPSA) is 64.6 Å². The zero-order valence-electron chi connectivity index (χ0n) is 13.4. The van der Waals surface area contributed by atoms with E-state index in [2.05, 4.69) is 4.72 Å². The summed E-state index contributed by atoms with van der Waals surface area (Å²) < 4.78 is 38.0. The Balaban J connectivity index is 2.86. The van der Waals surface area contributed by atoms with E-state index in [9.17, 15) is 8.42 Å². The number of hydrogen-bond donors (Lipinski definition) is 1. The summed E-state index contributed by atoms with van der Waals surface area (Å²) in [5, 5.41) is 0. The van der Waals surface area contributed by atoms with Gasteiger partial charge in [0.1, 0.15) is 5.75 Å². The fourth-order valence-corrected chi connectivity index (χ4v) is 3.23. The molecule has 0 atom stereocenters. The van der Waals surface area contributed by atoms with Crippen LogP contribution in [0.4, 0.5) is 0 Å². The first-order chi connectivity index (χ1) is 9.77. The summed E-state index contributed by atoms with van der Waals surface area (Å²) in [6.07, 6.45) is 0.0870. The van der Waals surface area contributed by atoms with Crippen LogP contribution in [-0.2, 0) is 14.8 Å². The lowest BCUT2D eigenvalue weighted by atomic mass is 10.1. The second kappa shape index (κ2) is 7.77. The minimum atomic E-state index is -3.53. The summed E-state index contributed by atoms with van der Waals surface area (Å²) in [6.45, 7) is 10.5. The maximum atomic E-state index is 12.3. The van der Waals surface area contributed by atoms with E-state index in [0.29, 0.717) is 18.8 Å². The fourth-order valence-electron chi connectivity index (χ4n) is 1.91. The Bertz CT molecular complexity index is 567. The van der Waals surface area contributed by atoms with E-state index >= 15 is 0 Å². The smallest absolute Gasteiger partial charge is 0.240 e. The molecule has 120 valence electrons. The molecule has 1 aromatic rings. The molecular formula is C15H25NO4S. The second-order valence-corrected chi connectivity index (χ2v) is 6.87. The van der Waals surface area contributed by atoms with Crippen LogP contribution in [0.2, 0.25) is 0 Å². The van der Waals surface area contributed by atoms with Crippen molar-refractivity contribution >= 4 is 10.0 Å². The van der Waals surface area contributed by atoms with Crippen LogP contribution in [0.25, 0.3) is 0 Å². The van der Waals surface area contributed by atoms with Crippen molar-refractivity contribution in [2.24, 2.45) is 0 Å². The molecule has 5 nitrogen and oxygen atoms in total. The molecule has 0 aliphatic rings. The van der Waals surface area contributed by atoms with Crippen LogP contribution in [0.5, 0.6) is 5.75 Å². The predicted molar refractivity (Wildman–Crippen MR) is 83.4 cm³/mol. The molecule has 0 unspecified atom stereocenters. The summed E-state index contributed by atoms with van der Waals surface area (Å²) in [5.41, 5.74) is 1.47. The van der Waals surface area contributed by atoms with Crippen LogP contribution in [0.1, 0.15) is 31.9 Å². The van der Waals surface area contributed by atoms with Crippen LogP contribution in [-0.4, -0.2) is 34.3 Å². The Labute approximate surface area is 127 Å². The zero-order valence-corrected chi connectivity index (χ0v) is 14.2. The van der Waals surface area contributed by atoms with E-state index in [0.717, 1.165) is 11.3 Å². The van der Waals surface area contributed by atoms with Crippen molar-refractivity contribution < 1.29 is 17.9 Å². The third kappa shape index (κ3) is 5.30. The minimum Gasteiger partial charge on any atom is -0.494 e. The van der Waals surface area contributed by atoms with E-state index in [-0.39, 0.29) is 17.5 Å². The minimum absolute atomic E-state index is 0.0870. The average molecular weight is 315 g/mol. The highest BCUT2D eigenvalue weighted by Gasteiger charge is 2.18. The van der Waals surface area contributed by atoms with Crippen LogP contribution < -0.4 is 9.46 Å². The summed E-state index contributed by atoms with van der Waals surface area (Å²) in [7, 11) is -3.53. The molecule has 0 aliphatic carbocycles. The standard InChI is InChI=1S/C15H25NO4S/c1-6-19-14-9-13(5)15(10-12(14)4)21(17,18)16-7-8-20-11(2)3/h9-11,16H,6-8H2,1-5H3. The van der Waals surface area contributed by atoms with E-state index in [1.165, 1.54) is 0 Å². The van der Waals surface area contributed by atoms with E-state index in [4.69, 9.17) is 9.47 Å². The van der Waals surface area contributed by atoms with Gasteiger partial charge in [-0.2, -0.15) is 0 Å². The number of benzene rings is 1. The van der Waals surface area contributed by atoms with Gasteiger partial charge in [0.2, 0.25) is 10.0 Å². The highest BCUT2D eigenvalue weighted by atomic mass is 32.2. The first-order valence-corrected chi connectivity index (χ1v) is 8.61. The first kappa shape index (κ1) is 17.9. The molecule has 0 aromatic heterocycles. The van der Waals surface area contributed by atoms with Crippen molar-refractivity contribution in [3.8, 4) is 5.75 Å². The van der Waals surface area contributed by atoms with Crippen LogP contribution in [0.3, 0.4) is 0 Å². The number of hydrogen-bond acceptors (Lipinski definition) is 4. The van der Waals surface area contributed by atoms with E-state index in [1.807, 2.05) is 27.7 Å². The highest BCUT2D eigenvalue weighted by molar-refractivity contribution is 7.89. The lowest BCUT2D eigenvalue weighted by Crippen LogP contribution is -2.28. The Morgan fingerprint density at radius 1 is 1.19 bits per heavy atom. The summed E-state index contributed by atoms with van der Waals surface area (Å²) in [4.78, 5) is 0.285. The molecule has 6 heteroatoms. The number of ether oxygens (including phenoxy) is 2. The Morgan fingerprint density at radius 3 is 2.43 bits per heavy atom. The molecule has 0 saturated carbocycles. The Hall–Kier alpha value is -1.11. The molecule has 0 heterocycles. The van der Waals surface area contributed by atoms with Gasteiger partial charge in [-0.1, -0.05) is 0 Å². The van der Waals surface area contributed by atoms with Crippen LogP contribution in [0, 0.1) is 13.8 Å². The largest absolute Gasteiger partial charge is 0.494 e. The summed E-state index contributed by atoms with van der Waals surface area (Å²) in [5.74, 6) is 0.720. The third-order valence-corrected chi connectivity index (χ3v) is 4.51. The normalized spacial score (nSPS) is 11.9. The van der Waals surface area contributed by atoms with Crippen LogP contribution in [0.15, 0.2) is 17.0 Å². The average Bonchev–Trinajstić information content (AvgIpc) is 2.38. The SMILES string of the molecule is CCOc1cc(C)c(S(=O)(=O)NCCOC(C)C)cc1C. The molecule has 0 spiro atoms. The van der Waals surface area contributed by atoms with Crippen molar-refractivity contribution in [2.45, 2.75) is 45.6 Å². The monoisotopic (exact) mass is 315 g/mol. The molecule has 0 amide bonds. The van der Waals surface area contributed by atoms with Crippen molar-refractivity contribution in [1.82, 2.24) is 4.72 Å². The highest BCUT2D eigenvalue weighted by Crippen LogP contribution is 2.25. The quantitative estimate of drug-likeness (QED) is 0.748. The lowest BCUT2D eigenvalue weighted by molar-refractivity contribution is 0.0834. The van der Waals surface area contributed by atoms with Crippen LogP contribution >= 0.6 is 0 Å². The molecule has 0 aliphatic heterocycles. The Morgan fingerprint density at radius 2 is 1.86 bits per heavy atom. The van der Waals surface area contributed by atoms with Crippen molar-refractivity contribution in [3.63, 3.8) is 0 Å². The van der Waals surface area contributed by atoms with Gasteiger partial charge in [-0.3, -0.25) is 0 Å². The predicted octanol–water partition coefficient (Wildman–Crippen LogP) is 2.41. The molecule has 1 aromatic carbocycles. The van der Waals surface area contributed by atoms with Crippen molar-refractivity contribution in [3.05, 3.63) is 23.3 Å². The van der Waals surface area contributed by atoms with Gasteiger partial charge in [-0.25, -0.2) is 13.1 Å². The lowest BCUT2D eigenvalue weighted by Gasteiger charge is -2.14. The van der Waals surface area contributed by atoms with Gasteiger partial charge < -0.3 is 9.47 Å². The number of nitrogens with one attached hydrogen (secondary N) is 1. The Kier molecular flexibility index (Phi) is 6.64. The van der Waals surface area contributed by atoms with Gasteiger partial charge in [0.15, 0.2) is 0 Å².